The maximum absolute atomic E-state index is 10.5. The Morgan fingerprint density at radius 1 is 1.37 bits per heavy atom. The van der Waals surface area contributed by atoms with Crippen LogP contribution in [0.2, 0.25) is 5.02 Å². The first-order valence-electron chi connectivity index (χ1n) is 6.24. The molecule has 1 aliphatic rings. The lowest BCUT2D eigenvalue weighted by atomic mass is 9.98. The first-order chi connectivity index (χ1) is 9.19. The number of benzene rings is 1. The maximum Gasteiger partial charge on any atom is 0.143 e. The molecule has 1 aromatic carbocycles. The van der Waals surface area contributed by atoms with E-state index in [1.807, 2.05) is 24.3 Å². The van der Waals surface area contributed by atoms with E-state index in [0.717, 1.165) is 5.56 Å². The fraction of sp³-hybridized carbons (Fsp3) is 0.333. The highest BCUT2D eigenvalue weighted by atomic mass is 35.5. The van der Waals surface area contributed by atoms with Gasteiger partial charge in [0.15, 0.2) is 0 Å². The van der Waals surface area contributed by atoms with Gasteiger partial charge in [0.1, 0.15) is 18.5 Å². The maximum atomic E-state index is 10.5. The van der Waals surface area contributed by atoms with Gasteiger partial charge in [-0.1, -0.05) is 35.9 Å². The number of para-hydroxylation sites is 1. The summed E-state index contributed by atoms with van der Waals surface area (Å²) in [6.45, 7) is 9.23. The summed E-state index contributed by atoms with van der Waals surface area (Å²) < 4.78 is 5.71. The van der Waals surface area contributed by atoms with E-state index >= 15 is 0 Å². The molecule has 0 amide bonds. The molecule has 4 heteroatoms. The Labute approximate surface area is 118 Å². The summed E-state index contributed by atoms with van der Waals surface area (Å²) in [5.41, 5.74) is 0.738. The summed E-state index contributed by atoms with van der Waals surface area (Å²) in [4.78, 5) is 2.08. The van der Waals surface area contributed by atoms with Crippen LogP contribution in [0.4, 0.5) is 0 Å². The number of aliphatic hydroxyl groups is 1. The second-order valence-corrected chi connectivity index (χ2v) is 4.92. The molecule has 102 valence electrons. The molecule has 19 heavy (non-hydrogen) atoms. The normalized spacial score (nSPS) is 21.6. The summed E-state index contributed by atoms with van der Waals surface area (Å²) in [7, 11) is 0. The quantitative estimate of drug-likeness (QED) is 0.842. The standard InChI is InChI=1S/C15H18ClNO2/c1-3-8-17(9-4-2)13-10-19-15-11(14(13)18)6-5-7-12(15)16/h3-7,13-14,18H,1-2,8-10H2. The fourth-order valence-electron chi connectivity index (χ4n) is 2.36. The van der Waals surface area contributed by atoms with Crippen LogP contribution in [0.3, 0.4) is 0 Å². The highest BCUT2D eigenvalue weighted by Crippen LogP contribution is 2.38. The zero-order valence-electron chi connectivity index (χ0n) is 10.8. The SMILES string of the molecule is C=CCN(CC=C)C1COc2c(Cl)cccc2C1O. The summed E-state index contributed by atoms with van der Waals surface area (Å²) in [6, 6.07) is 5.31. The van der Waals surface area contributed by atoms with Gasteiger partial charge in [0.2, 0.25) is 0 Å². The molecule has 0 saturated heterocycles. The van der Waals surface area contributed by atoms with Crippen molar-refractivity contribution in [3.8, 4) is 5.75 Å². The molecule has 2 rings (SSSR count). The Bertz CT molecular complexity index is 465. The van der Waals surface area contributed by atoms with Gasteiger partial charge in [-0.2, -0.15) is 0 Å². The van der Waals surface area contributed by atoms with Crippen molar-refractivity contribution in [2.75, 3.05) is 19.7 Å². The lowest BCUT2D eigenvalue weighted by Gasteiger charge is -2.37. The molecular weight excluding hydrogens is 262 g/mol. The summed E-state index contributed by atoms with van der Waals surface area (Å²) in [5.74, 6) is 0.588. The van der Waals surface area contributed by atoms with Gasteiger partial charge in [-0.25, -0.2) is 0 Å². The largest absolute Gasteiger partial charge is 0.490 e. The number of fused-ring (bicyclic) bond motifs is 1. The van der Waals surface area contributed by atoms with Gasteiger partial charge in [0, 0.05) is 18.7 Å². The van der Waals surface area contributed by atoms with E-state index in [2.05, 4.69) is 18.1 Å². The minimum Gasteiger partial charge on any atom is -0.490 e. The summed E-state index contributed by atoms with van der Waals surface area (Å²) in [6.07, 6.45) is 3.00. The predicted octanol–water partition coefficient (Wildman–Crippen LogP) is 2.81. The van der Waals surface area contributed by atoms with Crippen LogP contribution in [0.1, 0.15) is 11.7 Å². The second-order valence-electron chi connectivity index (χ2n) is 4.51. The molecule has 0 spiro atoms. The Morgan fingerprint density at radius 2 is 2.05 bits per heavy atom. The van der Waals surface area contributed by atoms with Crippen LogP contribution in [-0.4, -0.2) is 35.7 Å². The molecule has 0 aromatic heterocycles. The van der Waals surface area contributed by atoms with Crippen molar-refractivity contribution >= 4 is 11.6 Å². The fourth-order valence-corrected chi connectivity index (χ4v) is 2.60. The molecule has 0 bridgehead atoms. The number of halogens is 1. The van der Waals surface area contributed by atoms with Crippen molar-refractivity contribution in [2.45, 2.75) is 12.1 Å². The van der Waals surface area contributed by atoms with Crippen molar-refractivity contribution in [3.05, 3.63) is 54.1 Å². The van der Waals surface area contributed by atoms with Crippen molar-refractivity contribution in [3.63, 3.8) is 0 Å². The minimum atomic E-state index is -0.623. The van der Waals surface area contributed by atoms with Crippen LogP contribution < -0.4 is 4.74 Å². The molecule has 1 heterocycles. The van der Waals surface area contributed by atoms with Gasteiger partial charge in [-0.05, 0) is 6.07 Å². The van der Waals surface area contributed by atoms with Crippen molar-refractivity contribution in [1.82, 2.24) is 4.90 Å². The van der Waals surface area contributed by atoms with E-state index < -0.39 is 6.10 Å². The Kier molecular flexibility index (Phi) is 4.64. The number of hydrogen-bond donors (Lipinski definition) is 1. The lowest BCUT2D eigenvalue weighted by Crippen LogP contribution is -2.46. The average molecular weight is 280 g/mol. The topological polar surface area (TPSA) is 32.7 Å². The molecule has 0 saturated carbocycles. The zero-order valence-corrected chi connectivity index (χ0v) is 11.5. The lowest BCUT2D eigenvalue weighted by molar-refractivity contribution is 0.0135. The van der Waals surface area contributed by atoms with Gasteiger partial charge >= 0.3 is 0 Å². The van der Waals surface area contributed by atoms with Crippen LogP contribution in [0.25, 0.3) is 0 Å². The zero-order chi connectivity index (χ0) is 13.8. The molecule has 2 unspecified atom stereocenters. The van der Waals surface area contributed by atoms with Crippen molar-refractivity contribution < 1.29 is 9.84 Å². The highest BCUT2D eigenvalue weighted by Gasteiger charge is 2.33. The van der Waals surface area contributed by atoms with Crippen LogP contribution in [0.15, 0.2) is 43.5 Å². The second kappa shape index (κ2) is 6.24. The number of rotatable bonds is 5. The van der Waals surface area contributed by atoms with E-state index in [1.165, 1.54) is 0 Å². The molecule has 1 aromatic rings. The molecule has 0 fully saturated rings. The van der Waals surface area contributed by atoms with Crippen LogP contribution in [0, 0.1) is 0 Å². The Morgan fingerprint density at radius 3 is 2.68 bits per heavy atom. The number of nitrogens with zero attached hydrogens (tertiary/aromatic N) is 1. The third kappa shape index (κ3) is 2.84. The highest BCUT2D eigenvalue weighted by molar-refractivity contribution is 6.32. The van der Waals surface area contributed by atoms with Crippen LogP contribution in [0.5, 0.6) is 5.75 Å². The monoisotopic (exact) mass is 279 g/mol. The number of hydrogen-bond acceptors (Lipinski definition) is 3. The Balaban J connectivity index is 2.26. The third-order valence-corrected chi connectivity index (χ3v) is 3.57. The van der Waals surface area contributed by atoms with Gasteiger partial charge < -0.3 is 9.84 Å². The molecule has 1 aliphatic heterocycles. The smallest absolute Gasteiger partial charge is 0.143 e. The molecule has 2 atom stereocenters. The van der Waals surface area contributed by atoms with Crippen LogP contribution in [-0.2, 0) is 0 Å². The van der Waals surface area contributed by atoms with E-state index in [4.69, 9.17) is 16.3 Å². The van der Waals surface area contributed by atoms with Gasteiger partial charge in [-0.15, -0.1) is 13.2 Å². The third-order valence-electron chi connectivity index (χ3n) is 3.28. The molecule has 0 aliphatic carbocycles. The molecular formula is C15H18ClNO2. The van der Waals surface area contributed by atoms with Gasteiger partial charge in [0.25, 0.3) is 0 Å². The minimum absolute atomic E-state index is 0.123. The summed E-state index contributed by atoms with van der Waals surface area (Å²) >= 11 is 6.08. The summed E-state index contributed by atoms with van der Waals surface area (Å²) in [5, 5.41) is 11.1. The number of aliphatic hydroxyl groups excluding tert-OH is 1. The predicted molar refractivity (Wildman–Crippen MR) is 77.7 cm³/mol. The Hall–Kier alpha value is -1.29. The number of ether oxygens (including phenoxy) is 1. The van der Waals surface area contributed by atoms with E-state index in [0.29, 0.717) is 30.5 Å². The van der Waals surface area contributed by atoms with Crippen molar-refractivity contribution in [2.24, 2.45) is 0 Å². The van der Waals surface area contributed by atoms with Crippen molar-refractivity contribution in [1.29, 1.82) is 0 Å². The molecule has 3 nitrogen and oxygen atoms in total. The van der Waals surface area contributed by atoms with Gasteiger partial charge in [0.05, 0.1) is 11.1 Å². The van der Waals surface area contributed by atoms with Gasteiger partial charge in [-0.3, -0.25) is 4.90 Å². The molecule has 1 N–H and O–H groups in total. The molecule has 0 radical (unpaired) electrons. The van der Waals surface area contributed by atoms with E-state index in [9.17, 15) is 5.11 Å². The first-order valence-corrected chi connectivity index (χ1v) is 6.62. The average Bonchev–Trinajstić information content (AvgIpc) is 2.40. The van der Waals surface area contributed by atoms with Crippen LogP contribution >= 0.6 is 11.6 Å². The van der Waals surface area contributed by atoms with E-state index in [-0.39, 0.29) is 6.04 Å². The first kappa shape index (κ1) is 14.1. The van der Waals surface area contributed by atoms with E-state index in [1.54, 1.807) is 6.07 Å².